The van der Waals surface area contributed by atoms with Crippen LogP contribution < -0.4 is 0 Å². The van der Waals surface area contributed by atoms with E-state index in [1.165, 1.54) is 57.1 Å². The van der Waals surface area contributed by atoms with Gasteiger partial charge in [0.15, 0.2) is 0 Å². The molecule has 22 heavy (non-hydrogen) atoms. The van der Waals surface area contributed by atoms with Gasteiger partial charge in [-0.25, -0.2) is 0 Å². The van der Waals surface area contributed by atoms with E-state index in [0.717, 1.165) is 17.9 Å². The van der Waals surface area contributed by atoms with E-state index in [9.17, 15) is 5.11 Å². The Morgan fingerprint density at radius 2 is 2.00 bits per heavy atom. The first kappa shape index (κ1) is 16.3. The fourth-order valence-electron chi connectivity index (χ4n) is 5.59. The highest BCUT2D eigenvalue weighted by Gasteiger charge is 2.50. The van der Waals surface area contributed by atoms with E-state index in [-0.39, 0.29) is 17.0 Å². The van der Waals surface area contributed by atoms with Gasteiger partial charge >= 0.3 is 0 Å². The first-order valence-electron chi connectivity index (χ1n) is 8.68. The van der Waals surface area contributed by atoms with E-state index in [0.29, 0.717) is 11.2 Å². The van der Waals surface area contributed by atoms with E-state index in [1.54, 1.807) is 6.07 Å². The monoisotopic (exact) mass is 365 g/mol. The maximum absolute atomic E-state index is 9.91. The van der Waals surface area contributed by atoms with Gasteiger partial charge in [-0.2, -0.15) is 0 Å². The van der Waals surface area contributed by atoms with Crippen LogP contribution in [0.25, 0.3) is 0 Å². The predicted octanol–water partition coefficient (Wildman–Crippen LogP) is 4.51. The number of piperidine rings is 1. The number of phenolic OH excluding ortho intramolecular Hbond substituents is 1. The molecule has 1 aromatic rings. The van der Waals surface area contributed by atoms with Crippen LogP contribution in [-0.2, 0) is 5.41 Å². The molecule has 1 aliphatic heterocycles. The molecule has 1 N–H and O–H groups in total. The normalized spacial score (nSPS) is 38.0. The number of hydrogen-bond acceptors (Lipinski definition) is 2. The molecule has 0 spiro atoms. The summed E-state index contributed by atoms with van der Waals surface area (Å²) in [5, 5.41) is 9.91. The second-order valence-corrected chi connectivity index (χ2v) is 7.75. The molecule has 0 unspecified atom stereocenters. The molecule has 4 rings (SSSR count). The van der Waals surface area contributed by atoms with Crippen LogP contribution in [0, 0.1) is 11.8 Å². The lowest BCUT2D eigenvalue weighted by atomic mass is 9.54. The molecule has 4 atom stereocenters. The van der Waals surface area contributed by atoms with Crippen molar-refractivity contribution in [2.45, 2.75) is 56.4 Å². The van der Waals surface area contributed by atoms with E-state index in [4.69, 9.17) is 0 Å². The fraction of sp³-hybridized carbons (Fsp3) is 0.684. The van der Waals surface area contributed by atoms with Crippen molar-refractivity contribution in [3.63, 3.8) is 0 Å². The number of nitrogens with zero attached hydrogens (tertiary/aromatic N) is 1. The van der Waals surface area contributed by atoms with Gasteiger partial charge in [0.05, 0.1) is 0 Å². The molecule has 3 aliphatic rings. The van der Waals surface area contributed by atoms with Crippen LogP contribution in [0.5, 0.6) is 5.75 Å². The third-order valence-corrected chi connectivity index (χ3v) is 6.68. The van der Waals surface area contributed by atoms with Gasteiger partial charge < -0.3 is 10.0 Å². The molecule has 1 saturated heterocycles. The molecule has 1 aromatic carbocycles. The summed E-state index contributed by atoms with van der Waals surface area (Å²) in [6.07, 6.45) is 9.63. The van der Waals surface area contributed by atoms with Crippen molar-refractivity contribution in [2.24, 2.45) is 11.8 Å². The Morgan fingerprint density at radius 3 is 2.82 bits per heavy atom. The summed E-state index contributed by atoms with van der Waals surface area (Å²) in [7, 11) is 2.33. The zero-order valence-corrected chi connectivity index (χ0v) is 15.2. The summed E-state index contributed by atoms with van der Waals surface area (Å²) in [4.78, 5) is 2.63. The number of phenols is 1. The van der Waals surface area contributed by atoms with E-state index >= 15 is 0 Å². The molecule has 122 valence electrons. The highest BCUT2D eigenvalue weighted by Crippen LogP contribution is 2.54. The molecule has 0 radical (unpaired) electrons. The summed E-state index contributed by atoms with van der Waals surface area (Å²) >= 11 is 0. The SMILES string of the molecule is Br.CN1CC[C@]2(c3cccc(O)c3)C[C@H]3CCCC[C@@H]3[C@@H]1C2. The molecule has 0 amide bonds. The smallest absolute Gasteiger partial charge is 0.115 e. The summed E-state index contributed by atoms with van der Waals surface area (Å²) in [5.74, 6) is 2.26. The standard InChI is InChI=1S/C19H27NO.BrH/c1-20-10-9-19(15-6-4-7-16(21)11-15)12-14-5-2-3-8-17(14)18(20)13-19;/h4,6-7,11,14,17-18,21H,2-3,5,8-10,12-13H2,1H3;1H/t14-,17+,18+,19+;/m1./s1. The number of halogens is 1. The van der Waals surface area contributed by atoms with Crippen LogP contribution in [0.4, 0.5) is 0 Å². The lowest BCUT2D eigenvalue weighted by Crippen LogP contribution is -2.57. The molecule has 3 heteroatoms. The van der Waals surface area contributed by atoms with E-state index in [1.807, 2.05) is 12.1 Å². The van der Waals surface area contributed by atoms with Gasteiger partial charge in [0.1, 0.15) is 5.75 Å². The van der Waals surface area contributed by atoms with Crippen LogP contribution in [0.3, 0.4) is 0 Å². The van der Waals surface area contributed by atoms with Gasteiger partial charge in [-0.3, -0.25) is 0 Å². The second kappa shape index (κ2) is 6.16. The van der Waals surface area contributed by atoms with Crippen LogP contribution in [-0.4, -0.2) is 29.6 Å². The maximum Gasteiger partial charge on any atom is 0.115 e. The summed E-state index contributed by atoms with van der Waals surface area (Å²) in [5.41, 5.74) is 1.72. The lowest BCUT2D eigenvalue weighted by Gasteiger charge is -2.57. The number of rotatable bonds is 1. The zero-order valence-electron chi connectivity index (χ0n) is 13.5. The minimum atomic E-state index is 0. The van der Waals surface area contributed by atoms with Crippen molar-refractivity contribution in [1.29, 1.82) is 0 Å². The van der Waals surface area contributed by atoms with Crippen LogP contribution in [0.1, 0.15) is 50.5 Å². The Balaban J connectivity index is 0.00000144. The van der Waals surface area contributed by atoms with E-state index in [2.05, 4.69) is 18.0 Å². The number of aromatic hydroxyl groups is 1. The minimum absolute atomic E-state index is 0. The Morgan fingerprint density at radius 1 is 1.18 bits per heavy atom. The highest BCUT2D eigenvalue weighted by molar-refractivity contribution is 8.93. The molecule has 2 bridgehead atoms. The molecular formula is C19H28BrNO. The lowest BCUT2D eigenvalue weighted by molar-refractivity contribution is -0.0260. The third-order valence-electron chi connectivity index (χ3n) is 6.68. The average Bonchev–Trinajstić information content (AvgIpc) is 2.51. The largest absolute Gasteiger partial charge is 0.508 e. The Labute approximate surface area is 144 Å². The van der Waals surface area contributed by atoms with Gasteiger partial charge in [0.25, 0.3) is 0 Å². The van der Waals surface area contributed by atoms with Crippen LogP contribution in [0.15, 0.2) is 24.3 Å². The first-order chi connectivity index (χ1) is 10.2. The molecule has 2 aliphatic carbocycles. The van der Waals surface area contributed by atoms with Crippen molar-refractivity contribution in [3.8, 4) is 5.75 Å². The summed E-state index contributed by atoms with van der Waals surface area (Å²) in [6, 6.07) is 8.88. The van der Waals surface area contributed by atoms with Crippen molar-refractivity contribution in [1.82, 2.24) is 4.90 Å². The number of benzene rings is 1. The second-order valence-electron chi connectivity index (χ2n) is 7.75. The summed E-state index contributed by atoms with van der Waals surface area (Å²) in [6.45, 7) is 1.21. The van der Waals surface area contributed by atoms with Crippen molar-refractivity contribution in [3.05, 3.63) is 29.8 Å². The van der Waals surface area contributed by atoms with Crippen LogP contribution in [0.2, 0.25) is 0 Å². The highest BCUT2D eigenvalue weighted by atomic mass is 79.9. The number of likely N-dealkylation sites (tertiary alicyclic amines) is 1. The first-order valence-corrected chi connectivity index (χ1v) is 8.68. The average molecular weight is 366 g/mol. The molecular weight excluding hydrogens is 338 g/mol. The zero-order chi connectivity index (χ0) is 14.4. The Hall–Kier alpha value is -0.540. The molecule has 0 aromatic heterocycles. The topological polar surface area (TPSA) is 23.5 Å². The predicted molar refractivity (Wildman–Crippen MR) is 95.8 cm³/mol. The van der Waals surface area contributed by atoms with Crippen molar-refractivity contribution >= 4 is 17.0 Å². The summed E-state index contributed by atoms with van der Waals surface area (Å²) < 4.78 is 0. The van der Waals surface area contributed by atoms with Gasteiger partial charge in [-0.05, 0) is 74.2 Å². The molecule has 2 saturated carbocycles. The van der Waals surface area contributed by atoms with Crippen molar-refractivity contribution in [2.75, 3.05) is 13.6 Å². The third kappa shape index (κ3) is 2.60. The Kier molecular flexibility index (Phi) is 4.57. The molecule has 1 heterocycles. The number of fused-ring (bicyclic) bond motifs is 4. The Bertz CT molecular complexity index is 530. The van der Waals surface area contributed by atoms with Crippen LogP contribution >= 0.6 is 17.0 Å². The quantitative estimate of drug-likeness (QED) is 0.790. The molecule has 2 nitrogen and oxygen atoms in total. The van der Waals surface area contributed by atoms with Gasteiger partial charge in [-0.1, -0.05) is 31.4 Å². The minimum Gasteiger partial charge on any atom is -0.508 e. The van der Waals surface area contributed by atoms with Gasteiger partial charge in [0, 0.05) is 6.04 Å². The van der Waals surface area contributed by atoms with Gasteiger partial charge in [-0.15, -0.1) is 17.0 Å². The number of hydrogen-bond donors (Lipinski definition) is 1. The fourth-order valence-corrected chi connectivity index (χ4v) is 5.59. The van der Waals surface area contributed by atoms with E-state index < -0.39 is 0 Å². The maximum atomic E-state index is 9.91. The van der Waals surface area contributed by atoms with Crippen molar-refractivity contribution < 1.29 is 5.11 Å². The molecule has 3 fully saturated rings. The van der Waals surface area contributed by atoms with Gasteiger partial charge in [0.2, 0.25) is 0 Å².